The Morgan fingerprint density at radius 3 is 2.82 bits per heavy atom. The van der Waals surface area contributed by atoms with Crippen LogP contribution < -0.4 is 5.32 Å². The SMILES string of the molecule is Cc1cccc(-c2nc(CC(=O)OCC(=O)Nc3ccccc3C#N)cs2)c1. The number of esters is 1. The van der Waals surface area contributed by atoms with Crippen LogP contribution in [0.4, 0.5) is 5.69 Å². The van der Waals surface area contributed by atoms with E-state index in [1.807, 2.05) is 42.6 Å². The van der Waals surface area contributed by atoms with Gasteiger partial charge in [0.1, 0.15) is 11.1 Å². The van der Waals surface area contributed by atoms with Crippen molar-refractivity contribution in [2.75, 3.05) is 11.9 Å². The van der Waals surface area contributed by atoms with Gasteiger partial charge >= 0.3 is 5.97 Å². The molecule has 0 atom stereocenters. The lowest BCUT2D eigenvalue weighted by Crippen LogP contribution is -2.22. The molecule has 0 bridgehead atoms. The maximum absolute atomic E-state index is 12.0. The van der Waals surface area contributed by atoms with Crippen LogP contribution >= 0.6 is 11.3 Å². The molecule has 2 aromatic carbocycles. The van der Waals surface area contributed by atoms with Crippen LogP contribution in [0.5, 0.6) is 0 Å². The Balaban J connectivity index is 1.52. The number of aromatic nitrogens is 1. The molecule has 0 fully saturated rings. The van der Waals surface area contributed by atoms with Crippen molar-refractivity contribution in [1.82, 2.24) is 4.98 Å². The molecular weight excluding hydrogens is 374 g/mol. The van der Waals surface area contributed by atoms with E-state index < -0.39 is 18.5 Å². The molecule has 0 aliphatic carbocycles. The summed E-state index contributed by atoms with van der Waals surface area (Å²) >= 11 is 1.45. The Kier molecular flexibility index (Phi) is 6.14. The second-order valence-electron chi connectivity index (χ2n) is 6.06. The molecule has 3 rings (SSSR count). The second-order valence-corrected chi connectivity index (χ2v) is 6.91. The van der Waals surface area contributed by atoms with Crippen LogP contribution in [-0.4, -0.2) is 23.5 Å². The minimum atomic E-state index is -0.537. The van der Waals surface area contributed by atoms with Gasteiger partial charge in [-0.05, 0) is 25.1 Å². The third-order valence-electron chi connectivity index (χ3n) is 3.83. The van der Waals surface area contributed by atoms with E-state index in [2.05, 4.69) is 10.3 Å². The molecule has 0 saturated carbocycles. The molecule has 1 amide bonds. The van der Waals surface area contributed by atoms with Crippen LogP contribution in [0.15, 0.2) is 53.9 Å². The Labute approximate surface area is 166 Å². The van der Waals surface area contributed by atoms with E-state index in [9.17, 15) is 9.59 Å². The Hall–Kier alpha value is -3.50. The minimum absolute atomic E-state index is 0.00955. The molecule has 0 radical (unpaired) electrons. The number of amides is 1. The van der Waals surface area contributed by atoms with Crippen molar-refractivity contribution in [3.8, 4) is 16.6 Å². The number of carbonyl (C=O) groups excluding carboxylic acids is 2. The van der Waals surface area contributed by atoms with Crippen molar-refractivity contribution >= 4 is 28.9 Å². The highest BCUT2D eigenvalue weighted by Crippen LogP contribution is 2.24. The summed E-state index contributed by atoms with van der Waals surface area (Å²) in [5, 5.41) is 14.2. The number of hydrogen-bond acceptors (Lipinski definition) is 6. The van der Waals surface area contributed by atoms with Crippen LogP contribution in [0, 0.1) is 18.3 Å². The third kappa shape index (κ3) is 5.02. The van der Waals surface area contributed by atoms with Crippen molar-refractivity contribution < 1.29 is 14.3 Å². The zero-order valence-electron chi connectivity index (χ0n) is 15.1. The Morgan fingerprint density at radius 1 is 1.21 bits per heavy atom. The predicted octanol–water partition coefficient (Wildman–Crippen LogP) is 3.71. The summed E-state index contributed by atoms with van der Waals surface area (Å²) < 4.78 is 5.02. The van der Waals surface area contributed by atoms with E-state index in [1.165, 1.54) is 11.3 Å². The maximum atomic E-state index is 12.0. The lowest BCUT2D eigenvalue weighted by molar-refractivity contribution is -0.146. The molecule has 28 heavy (non-hydrogen) atoms. The van der Waals surface area contributed by atoms with Crippen LogP contribution in [0.25, 0.3) is 10.6 Å². The molecule has 7 heteroatoms. The van der Waals surface area contributed by atoms with Gasteiger partial charge in [0.05, 0.1) is 23.4 Å². The molecule has 0 spiro atoms. The minimum Gasteiger partial charge on any atom is -0.455 e. The van der Waals surface area contributed by atoms with Crippen LogP contribution in [0.3, 0.4) is 0 Å². The molecule has 1 aromatic heterocycles. The van der Waals surface area contributed by atoms with Gasteiger partial charge in [-0.2, -0.15) is 5.26 Å². The summed E-state index contributed by atoms with van der Waals surface area (Å²) in [6.07, 6.45) is -0.00955. The first-order valence-corrected chi connectivity index (χ1v) is 9.39. The Morgan fingerprint density at radius 2 is 2.04 bits per heavy atom. The fraction of sp³-hybridized carbons (Fsp3) is 0.143. The second kappa shape index (κ2) is 8.93. The molecule has 1 heterocycles. The number of benzene rings is 2. The molecule has 140 valence electrons. The molecule has 0 aliphatic heterocycles. The van der Waals surface area contributed by atoms with Gasteiger partial charge in [-0.1, -0.05) is 35.9 Å². The number of anilines is 1. The van der Waals surface area contributed by atoms with Crippen molar-refractivity contribution in [2.45, 2.75) is 13.3 Å². The number of nitrogens with one attached hydrogen (secondary N) is 1. The first-order chi connectivity index (χ1) is 13.5. The highest BCUT2D eigenvalue weighted by molar-refractivity contribution is 7.13. The highest BCUT2D eigenvalue weighted by atomic mass is 32.1. The number of hydrogen-bond donors (Lipinski definition) is 1. The van der Waals surface area contributed by atoms with E-state index in [1.54, 1.807) is 24.3 Å². The standard InChI is InChI=1S/C21H17N3O3S/c1-14-5-4-7-15(9-14)21-23-17(13-28-21)10-20(26)27-12-19(25)24-18-8-3-2-6-16(18)11-22/h2-9,13H,10,12H2,1H3,(H,24,25). The van der Waals surface area contributed by atoms with Gasteiger partial charge in [0.15, 0.2) is 6.61 Å². The molecule has 0 unspecified atom stereocenters. The zero-order valence-corrected chi connectivity index (χ0v) is 16.0. The van der Waals surface area contributed by atoms with Crippen LogP contribution in [0.1, 0.15) is 16.8 Å². The monoisotopic (exact) mass is 391 g/mol. The van der Waals surface area contributed by atoms with Gasteiger partial charge in [0.2, 0.25) is 0 Å². The van der Waals surface area contributed by atoms with Crippen molar-refractivity contribution in [1.29, 1.82) is 5.26 Å². The highest BCUT2D eigenvalue weighted by Gasteiger charge is 2.13. The zero-order chi connectivity index (χ0) is 19.9. The van der Waals surface area contributed by atoms with Crippen molar-refractivity contribution in [3.63, 3.8) is 0 Å². The van der Waals surface area contributed by atoms with E-state index >= 15 is 0 Å². The maximum Gasteiger partial charge on any atom is 0.312 e. The third-order valence-corrected chi connectivity index (χ3v) is 4.77. The van der Waals surface area contributed by atoms with Crippen LogP contribution in [0.2, 0.25) is 0 Å². The number of thiazole rings is 1. The van der Waals surface area contributed by atoms with Crippen molar-refractivity contribution in [3.05, 3.63) is 70.7 Å². The lowest BCUT2D eigenvalue weighted by Gasteiger charge is -2.07. The molecule has 0 saturated heterocycles. The number of ether oxygens (including phenoxy) is 1. The molecule has 6 nitrogen and oxygen atoms in total. The topological polar surface area (TPSA) is 92.1 Å². The van der Waals surface area contributed by atoms with Gasteiger partial charge in [-0.25, -0.2) is 4.98 Å². The predicted molar refractivity (Wildman–Crippen MR) is 107 cm³/mol. The average Bonchev–Trinajstić information content (AvgIpc) is 3.15. The van der Waals surface area contributed by atoms with E-state index in [-0.39, 0.29) is 6.42 Å². The first-order valence-electron chi connectivity index (χ1n) is 8.51. The number of para-hydroxylation sites is 1. The van der Waals surface area contributed by atoms with Crippen molar-refractivity contribution in [2.24, 2.45) is 0 Å². The summed E-state index contributed by atoms with van der Waals surface area (Å²) in [6.45, 7) is 1.59. The molecular formula is C21H17N3O3S. The first kappa shape index (κ1) is 19.3. The fourth-order valence-corrected chi connectivity index (χ4v) is 3.34. The molecule has 1 N–H and O–H groups in total. The Bertz CT molecular complexity index is 1050. The number of rotatable bonds is 6. The van der Waals surface area contributed by atoms with E-state index in [0.717, 1.165) is 16.1 Å². The van der Waals surface area contributed by atoms with Crippen LogP contribution in [-0.2, 0) is 20.7 Å². The summed E-state index contributed by atoms with van der Waals surface area (Å²) in [7, 11) is 0. The van der Waals surface area contributed by atoms with Gasteiger partial charge in [0.25, 0.3) is 5.91 Å². The van der Waals surface area contributed by atoms with E-state index in [4.69, 9.17) is 10.00 Å². The van der Waals surface area contributed by atoms with Gasteiger partial charge in [-0.15, -0.1) is 11.3 Å². The van der Waals surface area contributed by atoms with E-state index in [0.29, 0.717) is 16.9 Å². The van der Waals surface area contributed by atoms with Gasteiger partial charge < -0.3 is 10.1 Å². The quantitative estimate of drug-likeness (QED) is 0.647. The van der Waals surface area contributed by atoms with Gasteiger partial charge in [-0.3, -0.25) is 9.59 Å². The summed E-state index contributed by atoms with van der Waals surface area (Å²) in [5.74, 6) is -1.04. The summed E-state index contributed by atoms with van der Waals surface area (Å²) in [4.78, 5) is 28.4. The van der Waals surface area contributed by atoms with Gasteiger partial charge in [0, 0.05) is 10.9 Å². The normalized spacial score (nSPS) is 10.1. The molecule has 3 aromatic rings. The largest absolute Gasteiger partial charge is 0.455 e. The number of carbonyl (C=O) groups is 2. The number of aryl methyl sites for hydroxylation is 1. The fourth-order valence-electron chi connectivity index (χ4n) is 2.52. The average molecular weight is 391 g/mol. The number of nitrogens with zero attached hydrogens (tertiary/aromatic N) is 2. The summed E-state index contributed by atoms with van der Waals surface area (Å²) in [5.41, 5.74) is 3.46. The smallest absolute Gasteiger partial charge is 0.312 e. The number of nitriles is 1. The lowest BCUT2D eigenvalue weighted by atomic mass is 10.1. The molecule has 0 aliphatic rings. The summed E-state index contributed by atoms with van der Waals surface area (Å²) in [6, 6.07) is 16.6.